The van der Waals surface area contributed by atoms with Gasteiger partial charge in [-0.3, -0.25) is 4.99 Å². The summed E-state index contributed by atoms with van der Waals surface area (Å²) in [4.78, 5) is 4.54. The van der Waals surface area contributed by atoms with Gasteiger partial charge >= 0.3 is 0 Å². The number of aromatic hydroxyl groups is 1. The van der Waals surface area contributed by atoms with Gasteiger partial charge in [-0.25, -0.2) is 0 Å². The number of aryl methyl sites for hydroxylation is 1. The highest BCUT2D eigenvalue weighted by Gasteiger charge is 2.25. The fourth-order valence-corrected chi connectivity index (χ4v) is 4.43. The van der Waals surface area contributed by atoms with Crippen molar-refractivity contribution in [2.75, 3.05) is 5.32 Å². The van der Waals surface area contributed by atoms with E-state index in [1.165, 1.54) is 11.6 Å². The second kappa shape index (κ2) is 7.80. The number of benzene rings is 3. The van der Waals surface area contributed by atoms with Gasteiger partial charge in [0.25, 0.3) is 0 Å². The number of halogens is 2. The molecule has 1 atom stereocenters. The van der Waals surface area contributed by atoms with E-state index in [1.54, 1.807) is 12.3 Å². The van der Waals surface area contributed by atoms with Crippen LogP contribution in [-0.4, -0.2) is 15.9 Å². The summed E-state index contributed by atoms with van der Waals surface area (Å²) in [7, 11) is 0. The second-order valence-electron chi connectivity index (χ2n) is 7.58. The highest BCUT2D eigenvalue weighted by atomic mass is 35.5. The second-order valence-corrected chi connectivity index (χ2v) is 8.42. The lowest BCUT2D eigenvalue weighted by Crippen LogP contribution is -2.22. The van der Waals surface area contributed by atoms with Crippen LogP contribution in [0.3, 0.4) is 0 Å². The van der Waals surface area contributed by atoms with Gasteiger partial charge in [-0.15, -0.1) is 0 Å². The molecule has 0 bridgehead atoms. The standard InChI is InChI=1S/C25H19Cl2N3O/c1-15-7-8-22-21(10-15)29-24(23-6-3-9-30(22)23)16-4-2-5-19(12-16)28-14-17-11-18(26)13-20(27)25(17)31/h2-14,24,29,31H,1H3/t24-/m0/s1. The number of nitrogens with zero attached hydrogens (tertiary/aromatic N) is 2. The van der Waals surface area contributed by atoms with Gasteiger partial charge in [0, 0.05) is 28.7 Å². The molecule has 2 N–H and O–H groups in total. The van der Waals surface area contributed by atoms with Crippen LogP contribution >= 0.6 is 23.2 Å². The Morgan fingerprint density at radius 2 is 1.90 bits per heavy atom. The Bertz CT molecular complexity index is 1330. The van der Waals surface area contributed by atoms with Crippen LogP contribution in [0.5, 0.6) is 5.75 Å². The van der Waals surface area contributed by atoms with E-state index in [1.807, 2.05) is 18.2 Å². The number of phenolic OH excluding ortho intramolecular Hbond substituents is 1. The van der Waals surface area contributed by atoms with Crippen molar-refractivity contribution in [2.24, 2.45) is 4.99 Å². The minimum Gasteiger partial charge on any atom is -0.506 e. The largest absolute Gasteiger partial charge is 0.506 e. The molecular formula is C25H19Cl2N3O. The molecule has 0 fully saturated rings. The maximum absolute atomic E-state index is 10.2. The van der Waals surface area contributed by atoms with Crippen LogP contribution in [0.1, 0.15) is 28.4 Å². The van der Waals surface area contributed by atoms with E-state index in [4.69, 9.17) is 23.2 Å². The molecule has 1 aromatic heterocycles. The number of hydrogen-bond acceptors (Lipinski definition) is 3. The molecule has 154 valence electrons. The summed E-state index contributed by atoms with van der Waals surface area (Å²) in [5.41, 5.74) is 6.94. The number of anilines is 1. The summed E-state index contributed by atoms with van der Waals surface area (Å²) in [6.45, 7) is 2.09. The molecule has 31 heavy (non-hydrogen) atoms. The third-order valence-corrected chi connectivity index (χ3v) is 5.91. The number of fused-ring (bicyclic) bond motifs is 3. The lowest BCUT2D eigenvalue weighted by Gasteiger charge is -2.30. The molecule has 0 saturated carbocycles. The van der Waals surface area contributed by atoms with Crippen LogP contribution in [0, 0.1) is 6.92 Å². The smallest absolute Gasteiger partial charge is 0.143 e. The molecule has 0 aliphatic carbocycles. The highest BCUT2D eigenvalue weighted by molar-refractivity contribution is 6.36. The van der Waals surface area contributed by atoms with E-state index in [0.29, 0.717) is 10.6 Å². The monoisotopic (exact) mass is 447 g/mol. The van der Waals surface area contributed by atoms with Crippen LogP contribution in [0.2, 0.25) is 10.0 Å². The van der Waals surface area contributed by atoms with Gasteiger partial charge in [0.05, 0.1) is 28.1 Å². The molecule has 0 amide bonds. The molecular weight excluding hydrogens is 429 g/mol. The molecule has 0 unspecified atom stereocenters. The van der Waals surface area contributed by atoms with Gasteiger partial charge in [0.2, 0.25) is 0 Å². The van der Waals surface area contributed by atoms with Crippen molar-refractivity contribution in [1.29, 1.82) is 0 Å². The fraction of sp³-hybridized carbons (Fsp3) is 0.0800. The molecule has 4 aromatic rings. The first-order chi connectivity index (χ1) is 15.0. The van der Waals surface area contributed by atoms with Crippen LogP contribution < -0.4 is 5.32 Å². The van der Waals surface area contributed by atoms with Crippen molar-refractivity contribution in [3.8, 4) is 11.4 Å². The first-order valence-corrected chi connectivity index (χ1v) is 10.6. The maximum Gasteiger partial charge on any atom is 0.143 e. The first-order valence-electron chi connectivity index (χ1n) is 9.86. The Labute approximate surface area is 190 Å². The van der Waals surface area contributed by atoms with Gasteiger partial charge < -0.3 is 15.0 Å². The van der Waals surface area contributed by atoms with E-state index in [9.17, 15) is 5.11 Å². The van der Waals surface area contributed by atoms with Gasteiger partial charge in [0.15, 0.2) is 0 Å². The minimum absolute atomic E-state index is 0.00605. The van der Waals surface area contributed by atoms with Gasteiger partial charge in [0.1, 0.15) is 5.75 Å². The molecule has 1 aliphatic heterocycles. The van der Waals surface area contributed by atoms with E-state index in [0.717, 1.165) is 28.3 Å². The zero-order valence-corrected chi connectivity index (χ0v) is 18.2. The summed E-state index contributed by atoms with van der Waals surface area (Å²) in [6.07, 6.45) is 3.66. The van der Waals surface area contributed by atoms with Crippen molar-refractivity contribution in [3.63, 3.8) is 0 Å². The summed E-state index contributed by atoms with van der Waals surface area (Å²) < 4.78 is 2.22. The average molecular weight is 448 g/mol. The Hall–Kier alpha value is -3.21. The molecule has 2 heterocycles. The lowest BCUT2D eigenvalue weighted by molar-refractivity contribution is 0.475. The van der Waals surface area contributed by atoms with Crippen molar-refractivity contribution in [1.82, 2.24) is 4.57 Å². The Morgan fingerprint density at radius 3 is 2.77 bits per heavy atom. The topological polar surface area (TPSA) is 49.6 Å². The Balaban J connectivity index is 1.50. The third-order valence-electron chi connectivity index (χ3n) is 5.40. The van der Waals surface area contributed by atoms with Gasteiger partial charge in [-0.05, 0) is 66.6 Å². The van der Waals surface area contributed by atoms with E-state index in [2.05, 4.69) is 64.4 Å². The third kappa shape index (κ3) is 3.69. The summed E-state index contributed by atoms with van der Waals surface area (Å²) >= 11 is 12.1. The zero-order chi connectivity index (χ0) is 21.5. The summed E-state index contributed by atoms with van der Waals surface area (Å²) in [5, 5.41) is 14.5. The highest BCUT2D eigenvalue weighted by Crippen LogP contribution is 2.38. The maximum atomic E-state index is 10.2. The van der Waals surface area contributed by atoms with E-state index in [-0.39, 0.29) is 16.8 Å². The number of aromatic nitrogens is 1. The molecule has 1 aliphatic rings. The summed E-state index contributed by atoms with van der Waals surface area (Å²) in [6, 6.07) is 21.8. The van der Waals surface area contributed by atoms with Crippen molar-refractivity contribution in [3.05, 3.63) is 105 Å². The van der Waals surface area contributed by atoms with Crippen LogP contribution in [-0.2, 0) is 0 Å². The fourth-order valence-electron chi connectivity index (χ4n) is 3.92. The predicted molar refractivity (Wildman–Crippen MR) is 128 cm³/mol. The first kappa shape index (κ1) is 19.7. The van der Waals surface area contributed by atoms with Gasteiger partial charge in [-0.2, -0.15) is 0 Å². The SMILES string of the molecule is Cc1ccc2c(c1)N[C@@H](c1cccc(N=Cc3cc(Cl)cc(Cl)c3O)c1)c1cccn1-2. The number of phenols is 1. The average Bonchev–Trinajstić information content (AvgIpc) is 3.24. The summed E-state index contributed by atoms with van der Waals surface area (Å²) in [5.74, 6) is -0.0373. The quantitative estimate of drug-likeness (QED) is 0.330. The number of hydrogen-bond donors (Lipinski definition) is 2. The molecule has 6 heteroatoms. The van der Waals surface area contributed by atoms with E-state index >= 15 is 0 Å². The minimum atomic E-state index is -0.0373. The molecule has 0 spiro atoms. The molecule has 5 rings (SSSR count). The zero-order valence-electron chi connectivity index (χ0n) is 16.7. The lowest BCUT2D eigenvalue weighted by atomic mass is 9.99. The van der Waals surface area contributed by atoms with Crippen molar-refractivity contribution in [2.45, 2.75) is 13.0 Å². The number of nitrogens with one attached hydrogen (secondary N) is 1. The van der Waals surface area contributed by atoms with Crippen molar-refractivity contribution >= 4 is 40.8 Å². The Morgan fingerprint density at radius 1 is 1.03 bits per heavy atom. The van der Waals surface area contributed by atoms with E-state index < -0.39 is 0 Å². The van der Waals surface area contributed by atoms with Crippen molar-refractivity contribution < 1.29 is 5.11 Å². The van der Waals surface area contributed by atoms with Gasteiger partial charge in [-0.1, -0.05) is 41.4 Å². The van der Waals surface area contributed by atoms with Crippen LogP contribution in [0.15, 0.2) is 77.9 Å². The predicted octanol–water partition coefficient (Wildman–Crippen LogP) is 7.06. The Kier molecular flexibility index (Phi) is 4.97. The molecule has 0 radical (unpaired) electrons. The number of aliphatic imine (C=N–C) groups is 1. The number of rotatable bonds is 3. The van der Waals surface area contributed by atoms with Crippen LogP contribution in [0.25, 0.3) is 5.69 Å². The van der Waals surface area contributed by atoms with Crippen LogP contribution in [0.4, 0.5) is 11.4 Å². The molecule has 0 saturated heterocycles. The normalized spacial score (nSPS) is 14.9. The molecule has 3 aromatic carbocycles. The molecule has 4 nitrogen and oxygen atoms in total.